The van der Waals surface area contributed by atoms with Crippen molar-refractivity contribution in [2.75, 3.05) is 13.7 Å². The fourth-order valence-electron chi connectivity index (χ4n) is 2.82. The second kappa shape index (κ2) is 3.56. The van der Waals surface area contributed by atoms with E-state index in [1.165, 1.54) is 0 Å². The molecule has 2 fully saturated rings. The van der Waals surface area contributed by atoms with E-state index in [0.717, 1.165) is 19.4 Å². The Morgan fingerprint density at radius 1 is 1.46 bits per heavy atom. The highest BCUT2D eigenvalue weighted by Gasteiger charge is 2.46. The summed E-state index contributed by atoms with van der Waals surface area (Å²) in [5, 5.41) is 9.73. The first-order valence-corrected chi connectivity index (χ1v) is 5.06. The molecule has 0 aromatic rings. The summed E-state index contributed by atoms with van der Waals surface area (Å²) in [7, 11) is 1.68. The number of rotatable bonds is 1. The quantitative estimate of drug-likeness (QED) is 0.664. The van der Waals surface area contributed by atoms with Gasteiger partial charge in [0.05, 0.1) is 12.7 Å². The largest absolute Gasteiger partial charge is 0.393 e. The molecule has 3 nitrogen and oxygen atoms in total. The molecule has 2 rings (SSSR count). The minimum Gasteiger partial charge on any atom is -0.393 e. The van der Waals surface area contributed by atoms with Crippen LogP contribution in [0.1, 0.15) is 19.8 Å². The van der Waals surface area contributed by atoms with E-state index in [0.29, 0.717) is 17.8 Å². The van der Waals surface area contributed by atoms with Crippen molar-refractivity contribution in [1.29, 1.82) is 0 Å². The van der Waals surface area contributed by atoms with Gasteiger partial charge in [0.15, 0.2) is 6.29 Å². The lowest BCUT2D eigenvalue weighted by Crippen LogP contribution is -2.37. The van der Waals surface area contributed by atoms with Crippen LogP contribution in [0, 0.1) is 17.8 Å². The highest BCUT2D eigenvalue weighted by molar-refractivity contribution is 4.92. The smallest absolute Gasteiger partial charge is 0.160 e. The van der Waals surface area contributed by atoms with E-state index in [2.05, 4.69) is 6.92 Å². The Hall–Kier alpha value is -0.120. The van der Waals surface area contributed by atoms with Gasteiger partial charge in [-0.3, -0.25) is 0 Å². The Labute approximate surface area is 79.0 Å². The lowest BCUT2D eigenvalue weighted by Gasteiger charge is -2.34. The van der Waals surface area contributed by atoms with E-state index in [9.17, 15) is 5.11 Å². The molecular weight excluding hydrogens is 168 g/mol. The molecule has 13 heavy (non-hydrogen) atoms. The number of aliphatic hydroxyl groups is 1. The molecule has 0 bridgehead atoms. The number of hydrogen-bond acceptors (Lipinski definition) is 3. The molecule has 0 aromatic carbocycles. The minimum absolute atomic E-state index is 0.0918. The standard InChI is InChI=1S/C10H18O3/c1-6-8(11)5-7-3-4-13-10(12-2)9(6)7/h6-11H,3-5H2,1-2H3/t6-,7-,8-,9+,10?/m0/s1. The molecule has 1 N–H and O–H groups in total. The molecule has 1 unspecified atom stereocenters. The zero-order valence-electron chi connectivity index (χ0n) is 8.27. The molecule has 0 aromatic heterocycles. The monoisotopic (exact) mass is 186 g/mol. The summed E-state index contributed by atoms with van der Waals surface area (Å²) in [6, 6.07) is 0. The minimum atomic E-state index is -0.158. The third-order valence-electron chi connectivity index (χ3n) is 3.62. The molecule has 76 valence electrons. The van der Waals surface area contributed by atoms with Crippen molar-refractivity contribution in [3.8, 4) is 0 Å². The Morgan fingerprint density at radius 2 is 2.23 bits per heavy atom. The maximum atomic E-state index is 9.73. The van der Waals surface area contributed by atoms with Gasteiger partial charge in [0.1, 0.15) is 0 Å². The SMILES string of the molecule is COC1OCC[C@H]2C[C@H](O)[C@H](C)[C@@H]12. The Balaban J connectivity index is 2.11. The molecule has 0 radical (unpaired) electrons. The second-order valence-corrected chi connectivity index (χ2v) is 4.26. The summed E-state index contributed by atoms with van der Waals surface area (Å²) >= 11 is 0. The molecule has 1 aliphatic carbocycles. The summed E-state index contributed by atoms with van der Waals surface area (Å²) in [4.78, 5) is 0. The highest BCUT2D eigenvalue weighted by Crippen LogP contribution is 2.44. The van der Waals surface area contributed by atoms with Gasteiger partial charge in [-0.25, -0.2) is 0 Å². The van der Waals surface area contributed by atoms with Crippen LogP contribution in [0.2, 0.25) is 0 Å². The Morgan fingerprint density at radius 3 is 2.92 bits per heavy atom. The molecular formula is C10H18O3. The van der Waals surface area contributed by atoms with Gasteiger partial charge in [-0.2, -0.15) is 0 Å². The molecule has 0 amide bonds. The van der Waals surface area contributed by atoms with Crippen LogP contribution in [-0.2, 0) is 9.47 Å². The van der Waals surface area contributed by atoms with Gasteiger partial charge in [-0.1, -0.05) is 6.92 Å². The number of hydrogen-bond donors (Lipinski definition) is 1. The van der Waals surface area contributed by atoms with E-state index >= 15 is 0 Å². The summed E-state index contributed by atoms with van der Waals surface area (Å²) in [5.41, 5.74) is 0. The molecule has 3 heteroatoms. The summed E-state index contributed by atoms with van der Waals surface area (Å²) in [5.74, 6) is 1.31. The van der Waals surface area contributed by atoms with E-state index in [-0.39, 0.29) is 12.4 Å². The van der Waals surface area contributed by atoms with Crippen molar-refractivity contribution in [3.05, 3.63) is 0 Å². The van der Waals surface area contributed by atoms with Crippen LogP contribution < -0.4 is 0 Å². The van der Waals surface area contributed by atoms with Gasteiger partial charge in [-0.15, -0.1) is 0 Å². The third kappa shape index (κ3) is 1.49. The van der Waals surface area contributed by atoms with Gasteiger partial charge >= 0.3 is 0 Å². The molecule has 1 saturated heterocycles. The van der Waals surface area contributed by atoms with Crippen LogP contribution in [0.25, 0.3) is 0 Å². The first-order valence-electron chi connectivity index (χ1n) is 5.06. The Bertz CT molecular complexity index is 177. The maximum absolute atomic E-state index is 9.73. The predicted octanol–water partition coefficient (Wildman–Crippen LogP) is 1.01. The molecule has 1 aliphatic heterocycles. The van der Waals surface area contributed by atoms with E-state index < -0.39 is 0 Å². The van der Waals surface area contributed by atoms with E-state index in [4.69, 9.17) is 9.47 Å². The lowest BCUT2D eigenvalue weighted by atomic mass is 9.86. The molecule has 0 spiro atoms. The normalized spacial score (nSPS) is 50.5. The van der Waals surface area contributed by atoms with Crippen molar-refractivity contribution in [2.45, 2.75) is 32.2 Å². The summed E-state index contributed by atoms with van der Waals surface area (Å²) in [6.07, 6.45) is 1.75. The molecule has 1 heterocycles. The predicted molar refractivity (Wildman–Crippen MR) is 48.1 cm³/mol. The van der Waals surface area contributed by atoms with Crippen LogP contribution >= 0.6 is 0 Å². The molecule has 1 saturated carbocycles. The van der Waals surface area contributed by atoms with Crippen molar-refractivity contribution in [1.82, 2.24) is 0 Å². The first kappa shape index (κ1) is 9.44. The zero-order chi connectivity index (χ0) is 9.42. The molecule has 2 aliphatic rings. The topological polar surface area (TPSA) is 38.7 Å². The number of aliphatic hydroxyl groups excluding tert-OH is 1. The number of fused-ring (bicyclic) bond motifs is 1. The average molecular weight is 186 g/mol. The van der Waals surface area contributed by atoms with Crippen LogP contribution in [0.15, 0.2) is 0 Å². The fraction of sp³-hybridized carbons (Fsp3) is 1.00. The van der Waals surface area contributed by atoms with Gasteiger partial charge in [0.25, 0.3) is 0 Å². The second-order valence-electron chi connectivity index (χ2n) is 4.26. The summed E-state index contributed by atoms with van der Waals surface area (Å²) in [6.45, 7) is 2.87. The third-order valence-corrected chi connectivity index (χ3v) is 3.62. The van der Waals surface area contributed by atoms with Crippen LogP contribution in [0.4, 0.5) is 0 Å². The van der Waals surface area contributed by atoms with Crippen molar-refractivity contribution >= 4 is 0 Å². The van der Waals surface area contributed by atoms with Crippen molar-refractivity contribution < 1.29 is 14.6 Å². The average Bonchev–Trinajstić information content (AvgIpc) is 2.43. The lowest BCUT2D eigenvalue weighted by molar-refractivity contribution is -0.197. The van der Waals surface area contributed by atoms with Gasteiger partial charge < -0.3 is 14.6 Å². The van der Waals surface area contributed by atoms with Gasteiger partial charge in [0, 0.05) is 13.0 Å². The highest BCUT2D eigenvalue weighted by atomic mass is 16.7. The van der Waals surface area contributed by atoms with E-state index in [1.54, 1.807) is 7.11 Å². The maximum Gasteiger partial charge on any atom is 0.160 e. The fourth-order valence-corrected chi connectivity index (χ4v) is 2.82. The van der Waals surface area contributed by atoms with Crippen LogP contribution in [-0.4, -0.2) is 31.2 Å². The Kier molecular flexibility index (Phi) is 2.58. The van der Waals surface area contributed by atoms with Crippen molar-refractivity contribution in [3.63, 3.8) is 0 Å². The first-order chi connectivity index (χ1) is 6.24. The number of methoxy groups -OCH3 is 1. The zero-order valence-corrected chi connectivity index (χ0v) is 8.27. The van der Waals surface area contributed by atoms with Crippen molar-refractivity contribution in [2.24, 2.45) is 17.8 Å². The van der Waals surface area contributed by atoms with Gasteiger partial charge in [0.2, 0.25) is 0 Å². The van der Waals surface area contributed by atoms with Crippen LogP contribution in [0.5, 0.6) is 0 Å². The molecule has 5 atom stereocenters. The number of ether oxygens (including phenoxy) is 2. The van der Waals surface area contributed by atoms with Gasteiger partial charge in [-0.05, 0) is 24.7 Å². The van der Waals surface area contributed by atoms with E-state index in [1.807, 2.05) is 0 Å². The summed E-state index contributed by atoms with van der Waals surface area (Å²) < 4.78 is 10.8. The van der Waals surface area contributed by atoms with Crippen LogP contribution in [0.3, 0.4) is 0 Å².